The fourth-order valence-corrected chi connectivity index (χ4v) is 2.35. The Bertz CT molecular complexity index is 657. The van der Waals surface area contributed by atoms with Gasteiger partial charge in [0.15, 0.2) is 0 Å². The van der Waals surface area contributed by atoms with E-state index in [1.807, 2.05) is 25.1 Å². The number of likely N-dealkylation sites (N-methyl/N-ethyl adjacent to an activating group) is 1. The Morgan fingerprint density at radius 1 is 1.45 bits per heavy atom. The van der Waals surface area contributed by atoms with E-state index in [4.69, 9.17) is 5.73 Å². The zero-order valence-corrected chi connectivity index (χ0v) is 13.2. The first-order chi connectivity index (χ1) is 9.40. The number of benzene rings is 1. The molecule has 0 saturated carbocycles. The second-order valence-corrected chi connectivity index (χ2v) is 5.77. The fraction of sp³-hybridized carbons (Fsp3) is 0.286. The molecule has 1 aromatic heterocycles. The number of halogens is 1. The lowest BCUT2D eigenvalue weighted by Crippen LogP contribution is -2.36. The van der Waals surface area contributed by atoms with Crippen molar-refractivity contribution in [3.8, 4) is 0 Å². The molecule has 0 aliphatic rings. The third-order valence-corrected chi connectivity index (χ3v) is 3.47. The molecule has 6 heteroatoms. The number of hydrogen-bond donors (Lipinski definition) is 2. The lowest BCUT2D eigenvalue weighted by molar-refractivity contribution is -0.129. The van der Waals surface area contributed by atoms with E-state index in [-0.39, 0.29) is 11.9 Å². The second kappa shape index (κ2) is 5.66. The Hall–Kier alpha value is -1.82. The van der Waals surface area contributed by atoms with E-state index in [1.165, 1.54) is 0 Å². The van der Waals surface area contributed by atoms with Crippen LogP contribution in [0.5, 0.6) is 0 Å². The summed E-state index contributed by atoms with van der Waals surface area (Å²) >= 11 is 3.39. The SMILES string of the molecule is CC(Nc1ccc(N)c2cc(Br)cnc12)C(=O)N(C)C. The molecule has 0 bridgehead atoms. The minimum absolute atomic E-state index is 0.00656. The Morgan fingerprint density at radius 3 is 2.80 bits per heavy atom. The van der Waals surface area contributed by atoms with Crippen molar-refractivity contribution in [3.05, 3.63) is 28.9 Å². The van der Waals surface area contributed by atoms with E-state index in [9.17, 15) is 4.79 Å². The Balaban J connectivity index is 2.41. The number of anilines is 2. The van der Waals surface area contributed by atoms with Crippen molar-refractivity contribution in [3.63, 3.8) is 0 Å². The molecule has 0 spiro atoms. The summed E-state index contributed by atoms with van der Waals surface area (Å²) in [5, 5.41) is 4.04. The van der Waals surface area contributed by atoms with Crippen molar-refractivity contribution in [2.24, 2.45) is 0 Å². The quantitative estimate of drug-likeness (QED) is 0.844. The predicted molar refractivity (Wildman–Crippen MR) is 85.6 cm³/mol. The first kappa shape index (κ1) is 14.6. The van der Waals surface area contributed by atoms with Crippen LogP contribution in [0.4, 0.5) is 11.4 Å². The molecule has 20 heavy (non-hydrogen) atoms. The number of nitrogens with zero attached hydrogens (tertiary/aromatic N) is 2. The maximum absolute atomic E-state index is 11.9. The van der Waals surface area contributed by atoms with E-state index in [0.29, 0.717) is 5.69 Å². The van der Waals surface area contributed by atoms with Crippen LogP contribution in [0.2, 0.25) is 0 Å². The molecule has 1 heterocycles. The lowest BCUT2D eigenvalue weighted by atomic mass is 10.1. The average Bonchev–Trinajstić information content (AvgIpc) is 2.41. The normalized spacial score (nSPS) is 12.2. The van der Waals surface area contributed by atoms with E-state index in [1.54, 1.807) is 25.2 Å². The van der Waals surface area contributed by atoms with Crippen molar-refractivity contribution in [1.82, 2.24) is 9.88 Å². The van der Waals surface area contributed by atoms with Crippen LogP contribution in [-0.2, 0) is 4.79 Å². The molecule has 0 radical (unpaired) electrons. The lowest BCUT2D eigenvalue weighted by Gasteiger charge is -2.20. The Morgan fingerprint density at radius 2 is 2.15 bits per heavy atom. The fourth-order valence-electron chi connectivity index (χ4n) is 2.01. The van der Waals surface area contributed by atoms with Gasteiger partial charge in [-0.2, -0.15) is 0 Å². The van der Waals surface area contributed by atoms with E-state index in [2.05, 4.69) is 26.2 Å². The van der Waals surface area contributed by atoms with E-state index in [0.717, 1.165) is 21.1 Å². The topological polar surface area (TPSA) is 71.2 Å². The van der Waals surface area contributed by atoms with Crippen molar-refractivity contribution in [2.75, 3.05) is 25.1 Å². The Kier molecular flexibility index (Phi) is 4.13. The highest BCUT2D eigenvalue weighted by atomic mass is 79.9. The zero-order chi connectivity index (χ0) is 14.9. The largest absolute Gasteiger partial charge is 0.398 e. The van der Waals surface area contributed by atoms with Crippen molar-refractivity contribution in [1.29, 1.82) is 0 Å². The Labute approximate surface area is 126 Å². The molecule has 3 N–H and O–H groups in total. The molecular weight excluding hydrogens is 320 g/mol. The van der Waals surface area contributed by atoms with Crippen LogP contribution in [-0.4, -0.2) is 35.9 Å². The van der Waals surface area contributed by atoms with E-state index < -0.39 is 0 Å². The number of nitrogen functional groups attached to an aromatic ring is 1. The molecular formula is C14H17BrN4O. The van der Waals surface area contributed by atoms with Crippen LogP contribution in [0.25, 0.3) is 10.9 Å². The van der Waals surface area contributed by atoms with Crippen molar-refractivity contribution >= 4 is 44.1 Å². The molecule has 1 amide bonds. The van der Waals surface area contributed by atoms with Crippen LogP contribution >= 0.6 is 15.9 Å². The monoisotopic (exact) mass is 336 g/mol. The number of hydrogen-bond acceptors (Lipinski definition) is 4. The molecule has 0 saturated heterocycles. The smallest absolute Gasteiger partial charge is 0.244 e. The standard InChI is InChI=1S/C14H17BrN4O/c1-8(14(20)19(2)3)18-12-5-4-11(16)10-6-9(15)7-17-13(10)12/h4-8,18H,16H2,1-3H3. The molecule has 2 aromatic rings. The molecule has 0 aliphatic carbocycles. The van der Waals surface area contributed by atoms with Crippen LogP contribution in [0, 0.1) is 0 Å². The molecule has 5 nitrogen and oxygen atoms in total. The highest BCUT2D eigenvalue weighted by Gasteiger charge is 2.16. The summed E-state index contributed by atoms with van der Waals surface area (Å²) in [6.07, 6.45) is 1.71. The van der Waals surface area contributed by atoms with Gasteiger partial charge in [-0.25, -0.2) is 0 Å². The molecule has 1 unspecified atom stereocenters. The summed E-state index contributed by atoms with van der Waals surface area (Å²) in [4.78, 5) is 17.9. The molecule has 0 aliphatic heterocycles. The summed E-state index contributed by atoms with van der Waals surface area (Å²) in [7, 11) is 3.47. The van der Waals surface area contributed by atoms with E-state index >= 15 is 0 Å². The minimum Gasteiger partial charge on any atom is -0.398 e. The van der Waals surface area contributed by atoms with Gasteiger partial charge in [-0.3, -0.25) is 9.78 Å². The van der Waals surface area contributed by atoms with Gasteiger partial charge < -0.3 is 16.0 Å². The summed E-state index contributed by atoms with van der Waals surface area (Å²) in [5.74, 6) is 0.00656. The number of pyridine rings is 1. The van der Waals surface area contributed by atoms with Gasteiger partial charge in [-0.15, -0.1) is 0 Å². The van der Waals surface area contributed by atoms with Crippen LogP contribution in [0.3, 0.4) is 0 Å². The van der Waals surface area contributed by atoms with Gasteiger partial charge in [0, 0.05) is 35.8 Å². The second-order valence-electron chi connectivity index (χ2n) is 4.85. The average molecular weight is 337 g/mol. The number of rotatable bonds is 3. The van der Waals surface area contributed by atoms with Crippen LogP contribution in [0.1, 0.15) is 6.92 Å². The summed E-state index contributed by atoms with van der Waals surface area (Å²) in [6.45, 7) is 1.82. The van der Waals surface area contributed by atoms with Gasteiger partial charge in [0.25, 0.3) is 0 Å². The number of fused-ring (bicyclic) bond motifs is 1. The number of carbonyl (C=O) groups excluding carboxylic acids is 1. The highest BCUT2D eigenvalue weighted by Crippen LogP contribution is 2.29. The molecule has 0 fully saturated rings. The number of aromatic nitrogens is 1. The third-order valence-electron chi connectivity index (χ3n) is 3.03. The molecule has 1 aromatic carbocycles. The highest BCUT2D eigenvalue weighted by molar-refractivity contribution is 9.10. The summed E-state index contributed by atoms with van der Waals surface area (Å²) in [6, 6.07) is 5.24. The summed E-state index contributed by atoms with van der Waals surface area (Å²) < 4.78 is 0.867. The zero-order valence-electron chi connectivity index (χ0n) is 11.6. The number of carbonyl (C=O) groups is 1. The van der Waals surface area contributed by atoms with Crippen molar-refractivity contribution in [2.45, 2.75) is 13.0 Å². The van der Waals surface area contributed by atoms with Gasteiger partial charge in [-0.1, -0.05) is 0 Å². The maximum Gasteiger partial charge on any atom is 0.244 e. The van der Waals surface area contributed by atoms with Gasteiger partial charge in [0.2, 0.25) is 5.91 Å². The third kappa shape index (κ3) is 2.85. The van der Waals surface area contributed by atoms with Crippen LogP contribution < -0.4 is 11.1 Å². The van der Waals surface area contributed by atoms with Crippen molar-refractivity contribution < 1.29 is 4.79 Å². The van der Waals surface area contributed by atoms with Gasteiger partial charge in [-0.05, 0) is 41.1 Å². The van der Waals surface area contributed by atoms with Gasteiger partial charge in [0.1, 0.15) is 6.04 Å². The number of nitrogens with two attached hydrogens (primary N) is 1. The molecule has 2 rings (SSSR count). The summed E-state index contributed by atoms with van der Waals surface area (Å²) in [5.41, 5.74) is 8.18. The minimum atomic E-state index is -0.331. The maximum atomic E-state index is 11.9. The number of nitrogens with one attached hydrogen (secondary N) is 1. The first-order valence-corrected chi connectivity index (χ1v) is 7.01. The predicted octanol–water partition coefficient (Wildman–Crippen LogP) is 2.47. The van der Waals surface area contributed by atoms with Gasteiger partial charge >= 0.3 is 0 Å². The number of amides is 1. The first-order valence-electron chi connectivity index (χ1n) is 6.21. The van der Waals surface area contributed by atoms with Gasteiger partial charge in [0.05, 0.1) is 11.2 Å². The molecule has 106 valence electrons. The molecule has 1 atom stereocenters. The van der Waals surface area contributed by atoms with Crippen LogP contribution in [0.15, 0.2) is 28.9 Å².